The van der Waals surface area contributed by atoms with Crippen LogP contribution in [-0.2, 0) is 0 Å². The number of benzene rings is 1. The van der Waals surface area contributed by atoms with Crippen molar-refractivity contribution in [1.29, 1.82) is 0 Å². The number of fused-ring (bicyclic) bond motifs is 1. The highest BCUT2D eigenvalue weighted by Gasteiger charge is 2.29. The maximum absolute atomic E-state index is 12.2. The van der Waals surface area contributed by atoms with Crippen molar-refractivity contribution in [2.45, 2.75) is 12.8 Å². The SMILES string of the molecule is CC1C(=S)Nc2cc(NC(=O)c3cccnc3)c([N+](=O)[O-])cc21. The van der Waals surface area contributed by atoms with Gasteiger partial charge in [-0.05, 0) is 23.8 Å². The van der Waals surface area contributed by atoms with Crippen LogP contribution in [0.1, 0.15) is 28.8 Å². The maximum atomic E-state index is 12.2. The fourth-order valence-electron chi connectivity index (χ4n) is 2.40. The first kappa shape index (κ1) is 15.0. The van der Waals surface area contributed by atoms with Crippen molar-refractivity contribution in [3.63, 3.8) is 0 Å². The molecule has 0 saturated carbocycles. The van der Waals surface area contributed by atoms with Gasteiger partial charge in [-0.1, -0.05) is 19.1 Å². The topological polar surface area (TPSA) is 97.2 Å². The van der Waals surface area contributed by atoms with Gasteiger partial charge in [-0.15, -0.1) is 0 Å². The zero-order valence-corrected chi connectivity index (χ0v) is 12.9. The van der Waals surface area contributed by atoms with Crippen LogP contribution in [0.2, 0.25) is 0 Å². The molecule has 2 N–H and O–H groups in total. The van der Waals surface area contributed by atoms with Gasteiger partial charge >= 0.3 is 0 Å². The number of nitrogens with one attached hydrogen (secondary N) is 2. The smallest absolute Gasteiger partial charge is 0.293 e. The summed E-state index contributed by atoms with van der Waals surface area (Å²) in [5, 5.41) is 16.9. The first-order chi connectivity index (χ1) is 11.0. The van der Waals surface area contributed by atoms with E-state index >= 15 is 0 Å². The summed E-state index contributed by atoms with van der Waals surface area (Å²) in [4.78, 5) is 27.5. The molecule has 1 aliphatic heterocycles. The van der Waals surface area contributed by atoms with E-state index in [1.807, 2.05) is 6.92 Å². The van der Waals surface area contributed by atoms with E-state index < -0.39 is 10.8 Å². The molecule has 8 heteroatoms. The number of carbonyl (C=O) groups excluding carboxylic acids is 1. The van der Waals surface area contributed by atoms with Gasteiger partial charge in [-0.25, -0.2) is 0 Å². The van der Waals surface area contributed by atoms with Crippen LogP contribution < -0.4 is 10.6 Å². The van der Waals surface area contributed by atoms with E-state index in [0.29, 0.717) is 16.2 Å². The highest BCUT2D eigenvalue weighted by atomic mass is 32.1. The number of aromatic nitrogens is 1. The number of anilines is 2. The van der Waals surface area contributed by atoms with Gasteiger partial charge in [0.05, 0.1) is 15.5 Å². The van der Waals surface area contributed by atoms with Crippen molar-refractivity contribution < 1.29 is 9.72 Å². The van der Waals surface area contributed by atoms with Gasteiger partial charge in [0.25, 0.3) is 11.6 Å². The van der Waals surface area contributed by atoms with E-state index in [1.54, 1.807) is 18.3 Å². The summed E-state index contributed by atoms with van der Waals surface area (Å²) in [6, 6.07) is 6.19. The number of hydrogen-bond acceptors (Lipinski definition) is 5. The van der Waals surface area contributed by atoms with E-state index in [-0.39, 0.29) is 17.3 Å². The predicted molar refractivity (Wildman–Crippen MR) is 89.9 cm³/mol. The minimum Gasteiger partial charge on any atom is -0.349 e. The summed E-state index contributed by atoms with van der Waals surface area (Å²) in [5.41, 5.74) is 1.70. The van der Waals surface area contributed by atoms with Crippen LogP contribution in [0.25, 0.3) is 0 Å². The number of pyridine rings is 1. The molecule has 2 heterocycles. The molecule has 23 heavy (non-hydrogen) atoms. The summed E-state index contributed by atoms with van der Waals surface area (Å²) in [6.07, 6.45) is 2.94. The lowest BCUT2D eigenvalue weighted by molar-refractivity contribution is -0.384. The lowest BCUT2D eigenvalue weighted by Gasteiger charge is -2.09. The van der Waals surface area contributed by atoms with E-state index in [9.17, 15) is 14.9 Å². The molecule has 0 aliphatic carbocycles. The summed E-state index contributed by atoms with van der Waals surface area (Å²) in [5.74, 6) is -0.559. The summed E-state index contributed by atoms with van der Waals surface area (Å²) in [7, 11) is 0. The summed E-state index contributed by atoms with van der Waals surface area (Å²) < 4.78 is 0. The van der Waals surface area contributed by atoms with Gasteiger partial charge in [-0.2, -0.15) is 0 Å². The highest BCUT2D eigenvalue weighted by molar-refractivity contribution is 7.80. The fourth-order valence-corrected chi connectivity index (χ4v) is 2.63. The zero-order chi connectivity index (χ0) is 16.6. The van der Waals surface area contributed by atoms with Gasteiger partial charge in [0.2, 0.25) is 0 Å². The fraction of sp³-hybridized carbons (Fsp3) is 0.133. The first-order valence-electron chi connectivity index (χ1n) is 6.82. The van der Waals surface area contributed by atoms with Crippen molar-refractivity contribution in [3.05, 3.63) is 57.9 Å². The van der Waals surface area contributed by atoms with Crippen molar-refractivity contribution in [2.75, 3.05) is 10.6 Å². The molecule has 1 aliphatic rings. The van der Waals surface area contributed by atoms with Gasteiger partial charge in [0.15, 0.2) is 0 Å². The Morgan fingerprint density at radius 2 is 2.26 bits per heavy atom. The van der Waals surface area contributed by atoms with Crippen LogP contribution in [0.3, 0.4) is 0 Å². The van der Waals surface area contributed by atoms with E-state index in [4.69, 9.17) is 12.2 Å². The maximum Gasteiger partial charge on any atom is 0.293 e. The lowest BCUT2D eigenvalue weighted by Crippen LogP contribution is -2.13. The van der Waals surface area contributed by atoms with Gasteiger partial charge < -0.3 is 10.6 Å². The molecule has 1 aromatic carbocycles. The third-order valence-electron chi connectivity index (χ3n) is 3.65. The van der Waals surface area contributed by atoms with Gasteiger partial charge in [0.1, 0.15) is 5.69 Å². The molecule has 1 unspecified atom stereocenters. The number of amides is 1. The zero-order valence-electron chi connectivity index (χ0n) is 12.1. The molecular weight excluding hydrogens is 316 g/mol. The second-order valence-electron chi connectivity index (χ2n) is 5.12. The first-order valence-corrected chi connectivity index (χ1v) is 7.23. The average Bonchev–Trinajstić information content (AvgIpc) is 2.81. The van der Waals surface area contributed by atoms with Crippen molar-refractivity contribution in [2.24, 2.45) is 0 Å². The van der Waals surface area contributed by atoms with Crippen LogP contribution in [0, 0.1) is 10.1 Å². The molecule has 0 radical (unpaired) electrons. The Labute approximate surface area is 136 Å². The molecule has 0 saturated heterocycles. The van der Waals surface area contributed by atoms with Crippen LogP contribution in [0.15, 0.2) is 36.7 Å². The molecule has 1 aromatic heterocycles. The lowest BCUT2D eigenvalue weighted by atomic mass is 10.0. The van der Waals surface area contributed by atoms with Gasteiger partial charge in [0, 0.05) is 30.1 Å². The Morgan fingerprint density at radius 1 is 1.48 bits per heavy atom. The Bertz CT molecular complexity index is 823. The normalized spacial score (nSPS) is 15.7. The quantitative estimate of drug-likeness (QED) is 0.510. The van der Waals surface area contributed by atoms with E-state index in [1.165, 1.54) is 18.3 Å². The standard InChI is InChI=1S/C15H12N4O3S/c1-8-10-5-13(19(21)22)12(6-11(10)18-15(8)23)17-14(20)9-3-2-4-16-7-9/h2-8H,1H3,(H,17,20)(H,18,23). The molecule has 7 nitrogen and oxygen atoms in total. The largest absolute Gasteiger partial charge is 0.349 e. The monoisotopic (exact) mass is 328 g/mol. The molecule has 3 rings (SSSR count). The number of carbonyl (C=O) groups is 1. The molecule has 1 amide bonds. The van der Waals surface area contributed by atoms with Crippen molar-refractivity contribution >= 4 is 40.2 Å². The Hall–Kier alpha value is -2.87. The average molecular weight is 328 g/mol. The van der Waals surface area contributed by atoms with Crippen LogP contribution in [-0.4, -0.2) is 20.8 Å². The number of nitro groups is 1. The molecule has 0 fully saturated rings. The Balaban J connectivity index is 1.99. The molecule has 2 aromatic rings. The number of hydrogen-bond donors (Lipinski definition) is 2. The molecule has 0 spiro atoms. The number of rotatable bonds is 3. The number of thiocarbonyl (C=S) groups is 1. The molecule has 116 valence electrons. The third-order valence-corrected chi connectivity index (χ3v) is 4.11. The second-order valence-corrected chi connectivity index (χ2v) is 5.56. The molecular formula is C15H12N4O3S. The predicted octanol–water partition coefficient (Wildman–Crippen LogP) is 3.10. The minimum absolute atomic E-state index is 0.0956. The molecule has 1 atom stereocenters. The highest BCUT2D eigenvalue weighted by Crippen LogP contribution is 2.40. The summed E-state index contributed by atoms with van der Waals surface area (Å²) >= 11 is 5.19. The molecule has 0 bridgehead atoms. The van der Waals surface area contributed by atoms with Crippen LogP contribution >= 0.6 is 12.2 Å². The number of nitrogens with zero attached hydrogens (tertiary/aromatic N) is 2. The number of nitro benzene ring substituents is 1. The van der Waals surface area contributed by atoms with Crippen LogP contribution in [0.5, 0.6) is 0 Å². The van der Waals surface area contributed by atoms with Gasteiger partial charge in [-0.3, -0.25) is 19.9 Å². The Kier molecular flexibility index (Phi) is 3.75. The Morgan fingerprint density at radius 3 is 2.91 bits per heavy atom. The summed E-state index contributed by atoms with van der Waals surface area (Å²) in [6.45, 7) is 1.87. The third kappa shape index (κ3) is 2.76. The van der Waals surface area contributed by atoms with E-state index in [2.05, 4.69) is 15.6 Å². The van der Waals surface area contributed by atoms with Crippen molar-refractivity contribution in [3.8, 4) is 0 Å². The van der Waals surface area contributed by atoms with E-state index in [0.717, 1.165) is 5.56 Å². The van der Waals surface area contributed by atoms with Crippen molar-refractivity contribution in [1.82, 2.24) is 4.98 Å². The van der Waals surface area contributed by atoms with Crippen LogP contribution in [0.4, 0.5) is 17.1 Å². The minimum atomic E-state index is -0.521. The second kappa shape index (κ2) is 5.73.